The van der Waals surface area contributed by atoms with E-state index in [0.29, 0.717) is 0 Å². The minimum atomic E-state index is 0.737. The third-order valence-electron chi connectivity index (χ3n) is 3.18. The first-order valence-electron chi connectivity index (χ1n) is 6.77. The van der Waals surface area contributed by atoms with Gasteiger partial charge in [0.05, 0.1) is 6.61 Å². The number of nitrogens with zero attached hydrogens (tertiary/aromatic N) is 1. The summed E-state index contributed by atoms with van der Waals surface area (Å²) >= 11 is 5.93. The molecule has 0 heterocycles. The maximum atomic E-state index is 5.93. The van der Waals surface area contributed by atoms with E-state index in [9.17, 15) is 0 Å². The summed E-state index contributed by atoms with van der Waals surface area (Å²) in [6, 6.07) is 18.5. The van der Waals surface area contributed by atoms with Crippen LogP contribution in [-0.4, -0.2) is 25.2 Å². The van der Waals surface area contributed by atoms with Crippen LogP contribution < -0.4 is 0 Å². The lowest BCUT2D eigenvalue weighted by Crippen LogP contribution is -2.26. The third-order valence-corrected chi connectivity index (χ3v) is 3.43. The minimum Gasteiger partial charge on any atom is -0.383 e. The second-order valence-electron chi connectivity index (χ2n) is 4.82. The van der Waals surface area contributed by atoms with Gasteiger partial charge in [0.25, 0.3) is 0 Å². The first-order valence-corrected chi connectivity index (χ1v) is 7.15. The van der Waals surface area contributed by atoms with Gasteiger partial charge in [0.2, 0.25) is 0 Å². The Labute approximate surface area is 125 Å². The van der Waals surface area contributed by atoms with Gasteiger partial charge in [0.15, 0.2) is 0 Å². The number of ether oxygens (including phenoxy) is 1. The van der Waals surface area contributed by atoms with Crippen molar-refractivity contribution in [1.82, 2.24) is 4.90 Å². The molecule has 0 aliphatic heterocycles. The maximum Gasteiger partial charge on any atom is 0.0589 e. The summed E-state index contributed by atoms with van der Waals surface area (Å²) in [6.07, 6.45) is 0. The molecule has 2 aromatic rings. The Morgan fingerprint density at radius 1 is 0.900 bits per heavy atom. The molecular weight excluding hydrogens is 270 g/mol. The van der Waals surface area contributed by atoms with E-state index < -0.39 is 0 Å². The van der Waals surface area contributed by atoms with E-state index in [0.717, 1.165) is 31.3 Å². The summed E-state index contributed by atoms with van der Waals surface area (Å²) in [5.41, 5.74) is 2.58. The van der Waals surface area contributed by atoms with Crippen LogP contribution in [0.3, 0.4) is 0 Å². The van der Waals surface area contributed by atoms with E-state index in [1.807, 2.05) is 18.2 Å². The molecular formula is C17H20ClNO. The number of rotatable bonds is 7. The van der Waals surface area contributed by atoms with E-state index in [1.54, 1.807) is 7.11 Å². The summed E-state index contributed by atoms with van der Waals surface area (Å²) in [6.45, 7) is 3.47. The van der Waals surface area contributed by atoms with Crippen molar-refractivity contribution in [3.63, 3.8) is 0 Å². The molecule has 2 aromatic carbocycles. The van der Waals surface area contributed by atoms with Crippen LogP contribution in [0.5, 0.6) is 0 Å². The molecule has 0 amide bonds. The molecule has 0 fully saturated rings. The van der Waals surface area contributed by atoms with E-state index >= 15 is 0 Å². The van der Waals surface area contributed by atoms with Crippen molar-refractivity contribution in [2.75, 3.05) is 20.3 Å². The van der Waals surface area contributed by atoms with Gasteiger partial charge in [-0.05, 0) is 23.3 Å². The van der Waals surface area contributed by atoms with Crippen LogP contribution in [0.1, 0.15) is 11.1 Å². The lowest BCUT2D eigenvalue weighted by atomic mass is 10.1. The number of hydrogen-bond acceptors (Lipinski definition) is 2. The molecule has 0 saturated carbocycles. The van der Waals surface area contributed by atoms with Crippen LogP contribution in [0.4, 0.5) is 0 Å². The number of methoxy groups -OCH3 is 1. The molecule has 2 rings (SSSR count). The van der Waals surface area contributed by atoms with Crippen molar-refractivity contribution in [3.8, 4) is 0 Å². The van der Waals surface area contributed by atoms with Crippen LogP contribution in [-0.2, 0) is 17.8 Å². The average molecular weight is 290 g/mol. The zero-order valence-corrected chi connectivity index (χ0v) is 12.5. The number of hydrogen-bond donors (Lipinski definition) is 0. The van der Waals surface area contributed by atoms with E-state index in [4.69, 9.17) is 16.3 Å². The monoisotopic (exact) mass is 289 g/mol. The van der Waals surface area contributed by atoms with Gasteiger partial charge in [-0.2, -0.15) is 0 Å². The SMILES string of the molecule is COCCN(Cc1ccccc1)Cc1ccc(Cl)cc1. The quantitative estimate of drug-likeness (QED) is 0.764. The van der Waals surface area contributed by atoms with Crippen LogP contribution >= 0.6 is 11.6 Å². The second kappa shape index (κ2) is 8.05. The summed E-state index contributed by atoms with van der Waals surface area (Å²) in [5.74, 6) is 0. The Kier molecular flexibility index (Phi) is 6.06. The van der Waals surface area contributed by atoms with Crippen molar-refractivity contribution in [2.45, 2.75) is 13.1 Å². The molecule has 0 saturated heterocycles. The van der Waals surface area contributed by atoms with E-state index in [2.05, 4.69) is 41.3 Å². The molecule has 20 heavy (non-hydrogen) atoms. The highest BCUT2D eigenvalue weighted by molar-refractivity contribution is 6.30. The smallest absolute Gasteiger partial charge is 0.0589 e. The molecule has 0 aliphatic carbocycles. The number of halogens is 1. The third kappa shape index (κ3) is 4.97. The van der Waals surface area contributed by atoms with Gasteiger partial charge in [-0.15, -0.1) is 0 Å². The van der Waals surface area contributed by atoms with Gasteiger partial charge in [0.1, 0.15) is 0 Å². The molecule has 0 unspecified atom stereocenters. The van der Waals surface area contributed by atoms with Crippen LogP contribution in [0.15, 0.2) is 54.6 Å². The lowest BCUT2D eigenvalue weighted by Gasteiger charge is -2.22. The molecule has 0 aromatic heterocycles. The first-order chi connectivity index (χ1) is 9.78. The molecule has 0 bridgehead atoms. The van der Waals surface area contributed by atoms with E-state index in [1.165, 1.54) is 11.1 Å². The Morgan fingerprint density at radius 2 is 1.50 bits per heavy atom. The first kappa shape index (κ1) is 15.0. The summed E-state index contributed by atoms with van der Waals surface area (Å²) in [4.78, 5) is 2.38. The molecule has 3 heteroatoms. The van der Waals surface area contributed by atoms with Gasteiger partial charge in [-0.25, -0.2) is 0 Å². The van der Waals surface area contributed by atoms with Crippen LogP contribution in [0.25, 0.3) is 0 Å². The van der Waals surface area contributed by atoms with Crippen molar-refractivity contribution >= 4 is 11.6 Å². The van der Waals surface area contributed by atoms with Gasteiger partial charge >= 0.3 is 0 Å². The molecule has 0 atom stereocenters. The Morgan fingerprint density at radius 3 is 2.10 bits per heavy atom. The highest BCUT2D eigenvalue weighted by atomic mass is 35.5. The minimum absolute atomic E-state index is 0.737. The standard InChI is InChI=1S/C17H20ClNO/c1-20-12-11-19(13-15-5-3-2-4-6-15)14-16-7-9-17(18)10-8-16/h2-10H,11-14H2,1H3. The fraction of sp³-hybridized carbons (Fsp3) is 0.294. The molecule has 2 nitrogen and oxygen atoms in total. The van der Waals surface area contributed by atoms with Gasteiger partial charge < -0.3 is 4.74 Å². The van der Waals surface area contributed by atoms with Gasteiger partial charge in [-0.1, -0.05) is 54.1 Å². The molecule has 0 spiro atoms. The average Bonchev–Trinajstić information content (AvgIpc) is 2.48. The van der Waals surface area contributed by atoms with Crippen molar-refractivity contribution in [2.24, 2.45) is 0 Å². The molecule has 0 N–H and O–H groups in total. The van der Waals surface area contributed by atoms with Crippen molar-refractivity contribution in [3.05, 3.63) is 70.7 Å². The van der Waals surface area contributed by atoms with Crippen molar-refractivity contribution in [1.29, 1.82) is 0 Å². The van der Waals surface area contributed by atoms with Gasteiger partial charge in [-0.3, -0.25) is 4.90 Å². The largest absolute Gasteiger partial charge is 0.383 e. The topological polar surface area (TPSA) is 12.5 Å². The highest BCUT2D eigenvalue weighted by Crippen LogP contribution is 2.13. The zero-order valence-electron chi connectivity index (χ0n) is 11.8. The highest BCUT2D eigenvalue weighted by Gasteiger charge is 2.07. The summed E-state index contributed by atoms with van der Waals surface area (Å²) in [5, 5.41) is 0.778. The van der Waals surface area contributed by atoms with Crippen LogP contribution in [0.2, 0.25) is 5.02 Å². The fourth-order valence-electron chi connectivity index (χ4n) is 2.12. The van der Waals surface area contributed by atoms with Gasteiger partial charge in [0, 0.05) is 31.8 Å². The summed E-state index contributed by atoms with van der Waals surface area (Å²) in [7, 11) is 1.74. The zero-order chi connectivity index (χ0) is 14.2. The molecule has 106 valence electrons. The Bertz CT molecular complexity index is 498. The summed E-state index contributed by atoms with van der Waals surface area (Å²) < 4.78 is 5.20. The lowest BCUT2D eigenvalue weighted by molar-refractivity contribution is 0.140. The second-order valence-corrected chi connectivity index (χ2v) is 5.25. The maximum absolute atomic E-state index is 5.93. The predicted octanol–water partition coefficient (Wildman–Crippen LogP) is 3.99. The van der Waals surface area contributed by atoms with Crippen LogP contribution in [0, 0.1) is 0 Å². The molecule has 0 radical (unpaired) electrons. The predicted molar refractivity (Wildman–Crippen MR) is 83.9 cm³/mol. The molecule has 0 aliphatic rings. The Hall–Kier alpha value is -1.35. The fourth-order valence-corrected chi connectivity index (χ4v) is 2.25. The normalized spacial score (nSPS) is 10.9. The Balaban J connectivity index is 2.01. The van der Waals surface area contributed by atoms with E-state index in [-0.39, 0.29) is 0 Å². The van der Waals surface area contributed by atoms with Crippen molar-refractivity contribution < 1.29 is 4.74 Å². The number of benzene rings is 2.